The zero-order valence-corrected chi connectivity index (χ0v) is 17.5. The fraction of sp³-hybridized carbons (Fsp3) is 0.917. The molecule has 25 heavy (non-hydrogen) atoms. The van der Waals surface area contributed by atoms with Gasteiger partial charge in [-0.3, -0.25) is 0 Å². The van der Waals surface area contributed by atoms with Crippen molar-refractivity contribution >= 4 is 0 Å². The number of hydrogen-bond donors (Lipinski definition) is 1. The molecule has 0 aromatic heterocycles. The van der Waals surface area contributed by atoms with Gasteiger partial charge in [0.1, 0.15) is 0 Å². The van der Waals surface area contributed by atoms with Gasteiger partial charge in [0.25, 0.3) is 0 Å². The van der Waals surface area contributed by atoms with Crippen LogP contribution in [0.2, 0.25) is 0 Å². The minimum Gasteiger partial charge on any atom is -0.393 e. The van der Waals surface area contributed by atoms with Crippen LogP contribution in [0.15, 0.2) is 11.1 Å². The van der Waals surface area contributed by atoms with Crippen LogP contribution in [-0.4, -0.2) is 11.2 Å². The van der Waals surface area contributed by atoms with Crippen LogP contribution in [0.25, 0.3) is 0 Å². The molecule has 0 aliphatic heterocycles. The Bertz CT molecular complexity index is 601. The predicted molar refractivity (Wildman–Crippen MR) is 105 cm³/mol. The maximum Gasteiger partial charge on any atom is 0.0594 e. The number of allylic oxidation sites excluding steroid dienone is 2. The third kappa shape index (κ3) is 2.05. The van der Waals surface area contributed by atoms with Gasteiger partial charge in [-0.2, -0.15) is 0 Å². The van der Waals surface area contributed by atoms with Gasteiger partial charge in [0, 0.05) is 0 Å². The van der Waals surface area contributed by atoms with E-state index in [1.54, 1.807) is 0 Å². The van der Waals surface area contributed by atoms with Crippen LogP contribution in [-0.2, 0) is 0 Å². The first-order chi connectivity index (χ1) is 11.6. The summed E-state index contributed by atoms with van der Waals surface area (Å²) in [6, 6.07) is 0. The molecule has 0 bridgehead atoms. The first-order valence-electron chi connectivity index (χ1n) is 11.0. The third-order valence-electron chi connectivity index (χ3n) is 10.4. The zero-order valence-electron chi connectivity index (χ0n) is 17.5. The number of aliphatic hydroxyl groups is 1. The first kappa shape index (κ1) is 18.1. The quantitative estimate of drug-likeness (QED) is 0.538. The van der Waals surface area contributed by atoms with E-state index in [1.807, 2.05) is 11.1 Å². The molecule has 1 nitrogen and oxygen atoms in total. The summed E-state index contributed by atoms with van der Waals surface area (Å²) in [5.74, 6) is 1.57. The fourth-order valence-electron chi connectivity index (χ4n) is 8.45. The van der Waals surface area contributed by atoms with Crippen molar-refractivity contribution < 1.29 is 5.11 Å². The summed E-state index contributed by atoms with van der Waals surface area (Å²) < 4.78 is 0. The van der Waals surface area contributed by atoms with E-state index in [0.29, 0.717) is 22.2 Å². The van der Waals surface area contributed by atoms with Crippen LogP contribution in [0, 0.1) is 33.5 Å². The molecule has 6 unspecified atom stereocenters. The lowest BCUT2D eigenvalue weighted by Gasteiger charge is -2.62. The molecule has 4 rings (SSSR count). The van der Waals surface area contributed by atoms with Crippen molar-refractivity contribution in [2.24, 2.45) is 33.5 Å². The second kappa shape index (κ2) is 5.37. The Morgan fingerprint density at radius 1 is 0.880 bits per heavy atom. The molecule has 142 valence electrons. The highest BCUT2D eigenvalue weighted by Gasteiger charge is 2.62. The summed E-state index contributed by atoms with van der Waals surface area (Å²) in [5, 5.41) is 10.7. The molecule has 1 N–H and O–H groups in total. The highest BCUT2D eigenvalue weighted by Crippen LogP contribution is 2.71. The lowest BCUT2D eigenvalue weighted by Crippen LogP contribution is -2.54. The van der Waals surface area contributed by atoms with Crippen molar-refractivity contribution in [1.82, 2.24) is 0 Å². The van der Waals surface area contributed by atoms with E-state index in [1.165, 1.54) is 51.4 Å². The molecule has 2 fully saturated rings. The van der Waals surface area contributed by atoms with E-state index < -0.39 is 0 Å². The van der Waals surface area contributed by atoms with Gasteiger partial charge >= 0.3 is 0 Å². The van der Waals surface area contributed by atoms with Crippen LogP contribution < -0.4 is 0 Å². The maximum atomic E-state index is 10.7. The van der Waals surface area contributed by atoms with Crippen LogP contribution >= 0.6 is 0 Å². The fourth-order valence-corrected chi connectivity index (χ4v) is 8.45. The van der Waals surface area contributed by atoms with Crippen molar-refractivity contribution in [3.05, 3.63) is 11.1 Å². The molecular formula is C24H40O. The van der Waals surface area contributed by atoms with Crippen molar-refractivity contribution in [2.75, 3.05) is 0 Å². The molecular weight excluding hydrogens is 304 g/mol. The van der Waals surface area contributed by atoms with E-state index in [2.05, 4.69) is 41.5 Å². The molecule has 0 aromatic rings. The average Bonchev–Trinajstić information content (AvgIpc) is 2.83. The Hall–Kier alpha value is -0.300. The largest absolute Gasteiger partial charge is 0.393 e. The number of rotatable bonds is 1. The van der Waals surface area contributed by atoms with Gasteiger partial charge in [0.2, 0.25) is 0 Å². The molecule has 0 radical (unpaired) electrons. The summed E-state index contributed by atoms with van der Waals surface area (Å²) in [4.78, 5) is 0. The molecule has 6 atom stereocenters. The maximum absolute atomic E-state index is 10.7. The molecule has 2 saturated carbocycles. The Labute approximate surface area is 155 Å². The summed E-state index contributed by atoms with van der Waals surface area (Å²) in [7, 11) is 0. The Morgan fingerprint density at radius 2 is 1.60 bits per heavy atom. The van der Waals surface area contributed by atoms with Crippen LogP contribution in [0.4, 0.5) is 0 Å². The smallest absolute Gasteiger partial charge is 0.0594 e. The molecule has 4 aliphatic rings. The summed E-state index contributed by atoms with van der Waals surface area (Å²) in [6.45, 7) is 14.9. The van der Waals surface area contributed by atoms with Crippen molar-refractivity contribution in [1.29, 1.82) is 0 Å². The third-order valence-corrected chi connectivity index (χ3v) is 10.4. The van der Waals surface area contributed by atoms with E-state index in [9.17, 15) is 5.11 Å². The molecule has 0 amide bonds. The second-order valence-electron chi connectivity index (χ2n) is 11.2. The Balaban J connectivity index is 1.80. The number of fused-ring (bicyclic) bond motifs is 4. The minimum absolute atomic E-state index is 0.0643. The average molecular weight is 345 g/mol. The normalized spacial score (nSPS) is 51.7. The SMILES string of the molecule is CCC1CCC2(C)C3=C(CCC12C)C1(C)CCC(O)C(C)(C)C1CC3. The first-order valence-corrected chi connectivity index (χ1v) is 11.0. The lowest BCUT2D eigenvalue weighted by atomic mass is 9.43. The van der Waals surface area contributed by atoms with Crippen LogP contribution in [0.1, 0.15) is 99.3 Å². The van der Waals surface area contributed by atoms with Gasteiger partial charge in [-0.25, -0.2) is 0 Å². The van der Waals surface area contributed by atoms with Crippen LogP contribution in [0.5, 0.6) is 0 Å². The Kier molecular flexibility index (Phi) is 3.88. The van der Waals surface area contributed by atoms with E-state index in [4.69, 9.17) is 0 Å². The second-order valence-corrected chi connectivity index (χ2v) is 11.2. The molecule has 1 heteroatoms. The highest BCUT2D eigenvalue weighted by atomic mass is 16.3. The molecule has 4 aliphatic carbocycles. The standard InChI is InChI=1S/C24H40O/c1-7-16-10-14-24(6)18-8-9-19-21(2,3)20(25)12-13-22(19,4)17(18)11-15-23(16,24)5/h16,19-20,25H,7-15H2,1-6H3. The van der Waals surface area contributed by atoms with Gasteiger partial charge in [0.15, 0.2) is 0 Å². The van der Waals surface area contributed by atoms with E-state index in [0.717, 1.165) is 12.3 Å². The van der Waals surface area contributed by atoms with Gasteiger partial charge in [-0.05, 0) is 84.9 Å². The Morgan fingerprint density at radius 3 is 2.28 bits per heavy atom. The summed E-state index contributed by atoms with van der Waals surface area (Å²) in [5.41, 5.74) is 5.09. The molecule has 0 heterocycles. The topological polar surface area (TPSA) is 20.2 Å². The summed E-state index contributed by atoms with van der Waals surface area (Å²) in [6.07, 6.45) is 11.6. The zero-order chi connectivity index (χ0) is 18.3. The van der Waals surface area contributed by atoms with Crippen molar-refractivity contribution in [2.45, 2.75) is 105 Å². The molecule has 0 aromatic carbocycles. The van der Waals surface area contributed by atoms with Gasteiger partial charge in [-0.1, -0.05) is 59.1 Å². The molecule has 0 saturated heterocycles. The van der Waals surface area contributed by atoms with E-state index in [-0.39, 0.29) is 11.5 Å². The van der Waals surface area contributed by atoms with Gasteiger partial charge < -0.3 is 5.11 Å². The minimum atomic E-state index is -0.117. The van der Waals surface area contributed by atoms with Crippen LogP contribution in [0.3, 0.4) is 0 Å². The number of aliphatic hydroxyl groups excluding tert-OH is 1. The highest BCUT2D eigenvalue weighted by molar-refractivity contribution is 5.38. The summed E-state index contributed by atoms with van der Waals surface area (Å²) >= 11 is 0. The predicted octanol–water partition coefficient (Wildman–Crippen LogP) is 6.51. The lowest BCUT2D eigenvalue weighted by molar-refractivity contribution is -0.0956. The van der Waals surface area contributed by atoms with E-state index >= 15 is 0 Å². The van der Waals surface area contributed by atoms with Gasteiger partial charge in [-0.15, -0.1) is 0 Å². The van der Waals surface area contributed by atoms with Crippen molar-refractivity contribution in [3.63, 3.8) is 0 Å². The van der Waals surface area contributed by atoms with Crippen molar-refractivity contribution in [3.8, 4) is 0 Å². The molecule has 0 spiro atoms. The van der Waals surface area contributed by atoms with Gasteiger partial charge in [0.05, 0.1) is 6.10 Å². The monoisotopic (exact) mass is 344 g/mol. The number of hydrogen-bond acceptors (Lipinski definition) is 1.